The SMILES string of the molecule is Cc1ncnc(OCc2ccccc2)c1OCc1ccccc1. The lowest BCUT2D eigenvalue weighted by Gasteiger charge is -2.13. The number of ether oxygens (including phenoxy) is 2. The van der Waals surface area contributed by atoms with Crippen molar-refractivity contribution in [1.29, 1.82) is 0 Å². The van der Waals surface area contributed by atoms with Crippen molar-refractivity contribution in [2.45, 2.75) is 20.1 Å². The Bertz CT molecular complexity index is 746. The lowest BCUT2D eigenvalue weighted by Crippen LogP contribution is -2.04. The Labute approximate surface area is 135 Å². The van der Waals surface area contributed by atoms with Crippen LogP contribution in [-0.4, -0.2) is 9.97 Å². The summed E-state index contributed by atoms with van der Waals surface area (Å²) in [6, 6.07) is 20.0. The third-order valence-electron chi connectivity index (χ3n) is 3.39. The van der Waals surface area contributed by atoms with Gasteiger partial charge in [-0.05, 0) is 18.1 Å². The molecule has 0 amide bonds. The summed E-state index contributed by atoms with van der Waals surface area (Å²) in [4.78, 5) is 8.40. The molecular formula is C19H18N2O2. The highest BCUT2D eigenvalue weighted by Gasteiger charge is 2.12. The van der Waals surface area contributed by atoms with Crippen molar-refractivity contribution in [2.24, 2.45) is 0 Å². The van der Waals surface area contributed by atoms with E-state index in [1.165, 1.54) is 6.33 Å². The van der Waals surface area contributed by atoms with Crippen molar-refractivity contribution in [1.82, 2.24) is 9.97 Å². The van der Waals surface area contributed by atoms with Crippen LogP contribution in [0.3, 0.4) is 0 Å². The quantitative estimate of drug-likeness (QED) is 0.692. The maximum absolute atomic E-state index is 5.89. The van der Waals surface area contributed by atoms with Gasteiger partial charge in [0, 0.05) is 0 Å². The molecular weight excluding hydrogens is 288 g/mol. The van der Waals surface area contributed by atoms with Crippen LogP contribution in [0.5, 0.6) is 11.6 Å². The van der Waals surface area contributed by atoms with Crippen LogP contribution >= 0.6 is 0 Å². The van der Waals surface area contributed by atoms with Gasteiger partial charge in [-0.25, -0.2) is 4.98 Å². The fourth-order valence-electron chi connectivity index (χ4n) is 2.16. The number of aryl methyl sites for hydroxylation is 1. The standard InChI is InChI=1S/C19H18N2O2/c1-15-18(22-12-16-8-4-2-5-9-16)19(21-14-20-15)23-13-17-10-6-3-7-11-17/h2-11,14H,12-13H2,1H3. The van der Waals surface area contributed by atoms with E-state index in [-0.39, 0.29) is 0 Å². The minimum atomic E-state index is 0.443. The number of rotatable bonds is 6. The van der Waals surface area contributed by atoms with Crippen LogP contribution in [0.4, 0.5) is 0 Å². The molecule has 4 heteroatoms. The molecule has 0 unspecified atom stereocenters. The van der Waals surface area contributed by atoms with E-state index < -0.39 is 0 Å². The molecule has 0 aliphatic heterocycles. The second kappa shape index (κ2) is 7.40. The van der Waals surface area contributed by atoms with E-state index in [0.717, 1.165) is 16.8 Å². The van der Waals surface area contributed by atoms with Gasteiger partial charge in [0.15, 0.2) is 0 Å². The highest BCUT2D eigenvalue weighted by Crippen LogP contribution is 2.28. The fraction of sp³-hybridized carbons (Fsp3) is 0.158. The fourth-order valence-corrected chi connectivity index (χ4v) is 2.16. The predicted molar refractivity (Wildman–Crippen MR) is 88.3 cm³/mol. The molecule has 0 fully saturated rings. The summed E-state index contributed by atoms with van der Waals surface area (Å²) in [5.41, 5.74) is 2.93. The van der Waals surface area contributed by atoms with Crippen molar-refractivity contribution in [3.05, 3.63) is 83.8 Å². The van der Waals surface area contributed by atoms with Crippen LogP contribution in [-0.2, 0) is 13.2 Å². The summed E-state index contributed by atoms with van der Waals surface area (Å²) in [5.74, 6) is 1.06. The number of hydrogen-bond acceptors (Lipinski definition) is 4. The molecule has 3 rings (SSSR count). The summed E-state index contributed by atoms with van der Waals surface area (Å²) in [6.07, 6.45) is 1.49. The summed E-state index contributed by atoms with van der Waals surface area (Å²) in [5, 5.41) is 0. The van der Waals surface area contributed by atoms with Gasteiger partial charge in [-0.3, -0.25) is 0 Å². The van der Waals surface area contributed by atoms with Gasteiger partial charge in [0.1, 0.15) is 19.5 Å². The van der Waals surface area contributed by atoms with E-state index >= 15 is 0 Å². The highest BCUT2D eigenvalue weighted by molar-refractivity contribution is 5.37. The average Bonchev–Trinajstić information content (AvgIpc) is 2.61. The Balaban J connectivity index is 1.71. The Kier molecular flexibility index (Phi) is 4.84. The maximum Gasteiger partial charge on any atom is 0.260 e. The lowest BCUT2D eigenvalue weighted by molar-refractivity contribution is 0.244. The zero-order valence-corrected chi connectivity index (χ0v) is 13.0. The lowest BCUT2D eigenvalue weighted by atomic mass is 10.2. The van der Waals surface area contributed by atoms with Crippen LogP contribution in [0.15, 0.2) is 67.0 Å². The van der Waals surface area contributed by atoms with Gasteiger partial charge in [-0.1, -0.05) is 60.7 Å². The Morgan fingerprint density at radius 2 is 1.30 bits per heavy atom. The smallest absolute Gasteiger partial charge is 0.260 e. The molecule has 0 aliphatic rings. The van der Waals surface area contributed by atoms with Gasteiger partial charge < -0.3 is 9.47 Å². The van der Waals surface area contributed by atoms with Gasteiger partial charge in [-0.2, -0.15) is 4.98 Å². The molecule has 0 atom stereocenters. The summed E-state index contributed by atoms with van der Waals surface area (Å²) in [7, 11) is 0. The number of nitrogens with zero attached hydrogens (tertiary/aromatic N) is 2. The molecule has 0 aliphatic carbocycles. The van der Waals surface area contributed by atoms with E-state index in [4.69, 9.17) is 9.47 Å². The Morgan fingerprint density at radius 1 is 0.739 bits per heavy atom. The summed E-state index contributed by atoms with van der Waals surface area (Å²) >= 11 is 0. The third kappa shape index (κ3) is 4.07. The second-order valence-corrected chi connectivity index (χ2v) is 5.14. The van der Waals surface area contributed by atoms with Crippen molar-refractivity contribution >= 4 is 0 Å². The van der Waals surface area contributed by atoms with Gasteiger partial charge in [-0.15, -0.1) is 0 Å². The predicted octanol–water partition coefficient (Wildman–Crippen LogP) is 3.94. The monoisotopic (exact) mass is 306 g/mol. The molecule has 3 aromatic rings. The number of hydrogen-bond donors (Lipinski definition) is 0. The maximum atomic E-state index is 5.89. The zero-order chi connectivity index (χ0) is 15.9. The van der Waals surface area contributed by atoms with Gasteiger partial charge in [0.05, 0.1) is 5.69 Å². The summed E-state index contributed by atoms with van der Waals surface area (Å²) < 4.78 is 11.7. The van der Waals surface area contributed by atoms with Crippen LogP contribution in [0.1, 0.15) is 16.8 Å². The van der Waals surface area contributed by atoms with E-state index in [2.05, 4.69) is 9.97 Å². The van der Waals surface area contributed by atoms with Gasteiger partial charge in [0.2, 0.25) is 5.75 Å². The van der Waals surface area contributed by atoms with E-state index in [9.17, 15) is 0 Å². The first-order valence-corrected chi connectivity index (χ1v) is 7.48. The van der Waals surface area contributed by atoms with E-state index in [0.29, 0.717) is 24.8 Å². The first-order valence-electron chi connectivity index (χ1n) is 7.48. The van der Waals surface area contributed by atoms with E-state index in [1.807, 2.05) is 67.6 Å². The normalized spacial score (nSPS) is 10.3. The third-order valence-corrected chi connectivity index (χ3v) is 3.39. The van der Waals surface area contributed by atoms with Crippen LogP contribution in [0, 0.1) is 6.92 Å². The van der Waals surface area contributed by atoms with Crippen LogP contribution in [0.2, 0.25) is 0 Å². The second-order valence-electron chi connectivity index (χ2n) is 5.14. The molecule has 0 bridgehead atoms. The zero-order valence-electron chi connectivity index (χ0n) is 13.0. The van der Waals surface area contributed by atoms with E-state index in [1.54, 1.807) is 0 Å². The molecule has 116 valence electrons. The molecule has 1 heterocycles. The number of benzene rings is 2. The first-order chi connectivity index (χ1) is 11.3. The van der Waals surface area contributed by atoms with Crippen molar-refractivity contribution in [3.63, 3.8) is 0 Å². The topological polar surface area (TPSA) is 44.2 Å². The average molecular weight is 306 g/mol. The molecule has 0 saturated heterocycles. The molecule has 1 aromatic heterocycles. The Morgan fingerprint density at radius 3 is 1.91 bits per heavy atom. The first kappa shape index (κ1) is 15.0. The van der Waals surface area contributed by atoms with Crippen LogP contribution < -0.4 is 9.47 Å². The molecule has 0 spiro atoms. The number of aromatic nitrogens is 2. The highest BCUT2D eigenvalue weighted by atomic mass is 16.5. The molecule has 23 heavy (non-hydrogen) atoms. The van der Waals surface area contributed by atoms with Crippen molar-refractivity contribution in [3.8, 4) is 11.6 Å². The largest absolute Gasteiger partial charge is 0.482 e. The minimum Gasteiger partial charge on any atom is -0.482 e. The molecule has 2 aromatic carbocycles. The molecule has 4 nitrogen and oxygen atoms in total. The summed E-state index contributed by atoms with van der Waals surface area (Å²) in [6.45, 7) is 2.78. The van der Waals surface area contributed by atoms with Gasteiger partial charge >= 0.3 is 0 Å². The minimum absolute atomic E-state index is 0.443. The molecule has 0 N–H and O–H groups in total. The van der Waals surface area contributed by atoms with Gasteiger partial charge in [0.25, 0.3) is 5.88 Å². The van der Waals surface area contributed by atoms with Crippen molar-refractivity contribution in [2.75, 3.05) is 0 Å². The Hall–Kier alpha value is -2.88. The van der Waals surface area contributed by atoms with Crippen LogP contribution in [0.25, 0.3) is 0 Å². The van der Waals surface area contributed by atoms with Crippen molar-refractivity contribution < 1.29 is 9.47 Å². The molecule has 0 saturated carbocycles. The molecule has 0 radical (unpaired) electrons.